The highest BCUT2D eigenvalue weighted by molar-refractivity contribution is 8.93. The predicted molar refractivity (Wildman–Crippen MR) is 198 cm³/mol. The SMILES string of the molecule is Br.CNCCC(=O)Oc1c(C)cc(C[n+]2cnn(CC(O)(c3ccc(F)cc3F)C(C)Cc3nc(-c4ccc(C#N)cc4)cs3)c2)cc1C.O=C([O-])C(F)(F)F. The highest BCUT2D eigenvalue weighted by Gasteiger charge is 2.41. The van der Waals surface area contributed by atoms with Crippen molar-refractivity contribution in [2.45, 2.75) is 58.5 Å². The molecule has 0 aliphatic heterocycles. The van der Waals surface area contributed by atoms with Gasteiger partial charge in [0.15, 0.2) is 0 Å². The molecule has 0 saturated heterocycles. The van der Waals surface area contributed by atoms with E-state index in [1.165, 1.54) is 17.4 Å². The number of nitrogens with one attached hydrogen (secondary N) is 1. The lowest BCUT2D eigenvalue weighted by molar-refractivity contribution is -0.689. The maximum atomic E-state index is 15.3. The summed E-state index contributed by atoms with van der Waals surface area (Å²) in [4.78, 5) is 25.7. The molecule has 2 heterocycles. The molecule has 5 rings (SSSR count). The second-order valence-electron chi connectivity index (χ2n) is 12.8. The molecule has 0 saturated carbocycles. The number of carbonyl (C=O) groups is 2. The maximum absolute atomic E-state index is 15.3. The minimum atomic E-state index is -5.19. The van der Waals surface area contributed by atoms with Crippen LogP contribution in [0, 0.1) is 42.7 Å². The number of nitrogens with zero attached hydrogens (tertiary/aromatic N) is 5. The number of aromatic nitrogens is 4. The van der Waals surface area contributed by atoms with Gasteiger partial charge in [-0.2, -0.15) is 18.4 Å². The van der Waals surface area contributed by atoms with Crippen LogP contribution in [0.15, 0.2) is 72.6 Å². The van der Waals surface area contributed by atoms with E-state index in [-0.39, 0.29) is 41.5 Å². The van der Waals surface area contributed by atoms with Gasteiger partial charge in [-0.1, -0.05) is 25.1 Å². The highest BCUT2D eigenvalue weighted by atomic mass is 79.9. The monoisotopic (exact) mass is 864 g/mol. The Labute approximate surface area is 333 Å². The highest BCUT2D eigenvalue weighted by Crippen LogP contribution is 2.37. The summed E-state index contributed by atoms with van der Waals surface area (Å²) in [6.07, 6.45) is -1.27. The van der Waals surface area contributed by atoms with E-state index in [1.807, 2.05) is 55.0 Å². The van der Waals surface area contributed by atoms with Crippen molar-refractivity contribution in [3.8, 4) is 23.1 Å². The van der Waals surface area contributed by atoms with Crippen LogP contribution >= 0.6 is 28.3 Å². The molecule has 0 aliphatic carbocycles. The number of hydrogen-bond donors (Lipinski definition) is 2. The summed E-state index contributed by atoms with van der Waals surface area (Å²) in [5, 5.41) is 40.1. The molecule has 2 unspecified atom stereocenters. The number of thiazole rings is 1. The van der Waals surface area contributed by atoms with E-state index in [9.17, 15) is 27.5 Å². The van der Waals surface area contributed by atoms with Gasteiger partial charge < -0.3 is 25.1 Å². The molecule has 0 bridgehead atoms. The number of aliphatic carboxylic acids is 1. The average molecular weight is 866 g/mol. The minimum absolute atomic E-state index is 0. The first-order chi connectivity index (χ1) is 25.9. The zero-order valence-electron chi connectivity index (χ0n) is 30.6. The quantitative estimate of drug-likeness (QED) is 0.0697. The fourth-order valence-electron chi connectivity index (χ4n) is 5.70. The number of benzene rings is 3. The predicted octanol–water partition coefficient (Wildman–Crippen LogP) is 5.27. The molecule has 56 heavy (non-hydrogen) atoms. The molecule has 0 fully saturated rings. The summed E-state index contributed by atoms with van der Waals surface area (Å²) in [6.45, 7) is 6.47. The van der Waals surface area contributed by atoms with Crippen molar-refractivity contribution in [3.63, 3.8) is 0 Å². The van der Waals surface area contributed by atoms with Crippen LogP contribution in [-0.2, 0) is 34.7 Å². The van der Waals surface area contributed by atoms with Gasteiger partial charge in [0, 0.05) is 40.6 Å². The van der Waals surface area contributed by atoms with E-state index in [0.717, 1.165) is 45.1 Å². The Bertz CT molecular complexity index is 2150. The molecule has 3 aromatic carbocycles. The summed E-state index contributed by atoms with van der Waals surface area (Å²) in [6, 6.07) is 16.3. The molecule has 0 amide bonds. The summed E-state index contributed by atoms with van der Waals surface area (Å²) in [5.41, 5.74) is 2.96. The van der Waals surface area contributed by atoms with Gasteiger partial charge >= 0.3 is 12.1 Å². The Hall–Kier alpha value is -5.09. The van der Waals surface area contributed by atoms with Crippen molar-refractivity contribution in [2.75, 3.05) is 13.6 Å². The normalized spacial score (nSPS) is 12.7. The number of carbonyl (C=O) groups excluding carboxylic acids is 2. The van der Waals surface area contributed by atoms with Gasteiger partial charge in [-0.05, 0) is 73.8 Å². The number of esters is 1. The summed E-state index contributed by atoms with van der Waals surface area (Å²) in [7, 11) is 1.78. The number of hydrogen-bond acceptors (Lipinski definition) is 10. The second kappa shape index (κ2) is 19.7. The summed E-state index contributed by atoms with van der Waals surface area (Å²) < 4.78 is 69.7. The molecule has 0 radical (unpaired) electrons. The summed E-state index contributed by atoms with van der Waals surface area (Å²) in [5.74, 6) is -4.90. The number of ether oxygens (including phenoxy) is 1. The zero-order chi connectivity index (χ0) is 40.5. The van der Waals surface area contributed by atoms with Gasteiger partial charge in [-0.25, -0.2) is 18.3 Å². The maximum Gasteiger partial charge on any atom is 0.430 e. The van der Waals surface area contributed by atoms with E-state index in [1.54, 1.807) is 36.5 Å². The topological polar surface area (TPSA) is 157 Å². The van der Waals surface area contributed by atoms with Crippen LogP contribution in [0.5, 0.6) is 5.75 Å². The van der Waals surface area contributed by atoms with Crippen LogP contribution in [0.25, 0.3) is 11.3 Å². The van der Waals surface area contributed by atoms with Gasteiger partial charge in [0.1, 0.15) is 35.5 Å². The van der Waals surface area contributed by atoms with Crippen molar-refractivity contribution in [2.24, 2.45) is 5.92 Å². The van der Waals surface area contributed by atoms with Gasteiger partial charge in [0.2, 0.25) is 6.33 Å². The second-order valence-corrected chi connectivity index (χ2v) is 13.7. The molecular weight excluding hydrogens is 827 g/mol. The standard InChI is InChI=1S/C36H37F2N6O3S.C2HF3O2.BrH/c1-23-13-27(14-24(2)35(23)47-34(45)11-12-40-4)18-43-21-41-44(22-43)20-36(46,30-10-9-29(37)16-31(30)38)25(3)15-33-42-32(19-48-33)28-7-5-26(17-39)6-8-28;3-2(4,5)1(6)7;/h5-10,13-14,16,19,21-22,25,40,46H,11-12,15,18,20H2,1-4H3;(H,6,7);1H/q+1;;/p-1. The molecule has 0 aliphatic rings. The Morgan fingerprint density at radius 2 is 1.75 bits per heavy atom. The first-order valence-corrected chi connectivity index (χ1v) is 17.6. The fraction of sp³-hybridized carbons (Fsp3) is 0.316. The zero-order valence-corrected chi connectivity index (χ0v) is 33.1. The number of alkyl halides is 3. The molecular formula is C38H38BrF5N6O5S. The van der Waals surface area contributed by atoms with E-state index >= 15 is 4.39 Å². The van der Waals surface area contributed by atoms with Gasteiger partial charge in [-0.3, -0.25) is 4.79 Å². The van der Waals surface area contributed by atoms with Crippen molar-refractivity contribution in [1.29, 1.82) is 5.26 Å². The minimum Gasteiger partial charge on any atom is -0.542 e. The lowest BCUT2D eigenvalue weighted by Crippen LogP contribution is -2.41. The molecule has 18 heteroatoms. The van der Waals surface area contributed by atoms with E-state index < -0.39 is 35.3 Å². The molecule has 0 spiro atoms. The van der Waals surface area contributed by atoms with E-state index in [0.29, 0.717) is 30.8 Å². The first-order valence-electron chi connectivity index (χ1n) is 16.7. The van der Waals surface area contributed by atoms with Gasteiger partial charge in [0.05, 0.1) is 35.3 Å². The largest absolute Gasteiger partial charge is 0.542 e. The van der Waals surface area contributed by atoms with Crippen LogP contribution in [0.1, 0.15) is 46.2 Å². The van der Waals surface area contributed by atoms with Crippen LogP contribution in [-0.4, -0.2) is 51.6 Å². The van der Waals surface area contributed by atoms with Crippen LogP contribution in [0.3, 0.4) is 0 Å². The molecule has 2 N–H and O–H groups in total. The van der Waals surface area contributed by atoms with Crippen LogP contribution < -0.4 is 19.7 Å². The number of aliphatic hydroxyl groups is 1. The molecule has 2 atom stereocenters. The van der Waals surface area contributed by atoms with Crippen molar-refractivity contribution < 1.29 is 51.1 Å². The number of aryl methyl sites for hydroxylation is 2. The van der Waals surface area contributed by atoms with Crippen LogP contribution in [0.4, 0.5) is 22.0 Å². The third kappa shape index (κ3) is 12.0. The number of nitriles is 1. The van der Waals surface area contributed by atoms with Crippen molar-refractivity contribution >= 4 is 40.3 Å². The molecule has 11 nitrogen and oxygen atoms in total. The van der Waals surface area contributed by atoms with Gasteiger partial charge in [-0.15, -0.1) is 33.0 Å². The lowest BCUT2D eigenvalue weighted by atomic mass is 9.80. The van der Waals surface area contributed by atoms with Crippen LogP contribution in [0.2, 0.25) is 0 Å². The van der Waals surface area contributed by atoms with Crippen molar-refractivity contribution in [1.82, 2.24) is 20.1 Å². The third-order valence-electron chi connectivity index (χ3n) is 8.50. The lowest BCUT2D eigenvalue weighted by Gasteiger charge is -2.32. The molecule has 2 aromatic heterocycles. The number of carboxylic acids is 1. The number of rotatable bonds is 13. The average Bonchev–Trinajstić information content (AvgIpc) is 3.77. The first kappa shape index (κ1) is 45.3. The Morgan fingerprint density at radius 3 is 2.32 bits per heavy atom. The number of carboxylic acid groups (broad SMARTS) is 1. The van der Waals surface area contributed by atoms with E-state index in [4.69, 9.17) is 24.9 Å². The van der Waals surface area contributed by atoms with Gasteiger partial charge in [0.25, 0.3) is 6.33 Å². The summed E-state index contributed by atoms with van der Waals surface area (Å²) >= 11 is 1.42. The Morgan fingerprint density at radius 1 is 1.11 bits per heavy atom. The fourth-order valence-corrected chi connectivity index (χ4v) is 6.63. The molecule has 5 aromatic rings. The molecule has 298 valence electrons. The van der Waals surface area contributed by atoms with E-state index in [2.05, 4.69) is 16.5 Å². The smallest absolute Gasteiger partial charge is 0.430 e. The van der Waals surface area contributed by atoms with Crippen molar-refractivity contribution in [3.05, 3.63) is 117 Å². The Kier molecular flexibility index (Phi) is 15.9. The third-order valence-corrected chi connectivity index (χ3v) is 9.37. The Balaban J connectivity index is 0.000000960. The number of halogens is 6.